The summed E-state index contributed by atoms with van der Waals surface area (Å²) in [6.07, 6.45) is 4.37. The molecular formula is C32H36BrClN6O3. The van der Waals surface area contributed by atoms with Crippen LogP contribution in [0.5, 0.6) is 0 Å². The van der Waals surface area contributed by atoms with Crippen LogP contribution in [0.25, 0.3) is 11.0 Å². The van der Waals surface area contributed by atoms with Crippen molar-refractivity contribution in [2.75, 3.05) is 18.5 Å². The van der Waals surface area contributed by atoms with Crippen molar-refractivity contribution < 1.29 is 14.3 Å². The normalized spacial score (nSPS) is 13.7. The van der Waals surface area contributed by atoms with E-state index in [0.29, 0.717) is 48.9 Å². The largest absolute Gasteiger partial charge is 0.381 e. The second kappa shape index (κ2) is 13.9. The fourth-order valence-electron chi connectivity index (χ4n) is 5.35. The molecule has 1 aliphatic heterocycles. The number of anilines is 1. The van der Waals surface area contributed by atoms with E-state index in [0.717, 1.165) is 56.4 Å². The first kappa shape index (κ1) is 31.0. The SMILES string of the molecule is CCc1nc2c(cnn2CC)c(NC2CCOCC2)c1CNC(=O)c1cc(C)cc(C(=O)NCc2ccc(Cl)c(Br)c2)c1. The van der Waals surface area contributed by atoms with Gasteiger partial charge in [-0.05, 0) is 90.5 Å². The zero-order valence-corrected chi connectivity index (χ0v) is 26.9. The summed E-state index contributed by atoms with van der Waals surface area (Å²) >= 11 is 9.50. The molecule has 11 heteroatoms. The number of aromatic nitrogens is 3. The average molecular weight is 668 g/mol. The summed E-state index contributed by atoms with van der Waals surface area (Å²) in [6.45, 7) is 8.75. The van der Waals surface area contributed by atoms with Gasteiger partial charge in [0, 0.05) is 65.7 Å². The van der Waals surface area contributed by atoms with Crippen LogP contribution in [0.3, 0.4) is 0 Å². The summed E-state index contributed by atoms with van der Waals surface area (Å²) in [5, 5.41) is 15.9. The zero-order valence-electron chi connectivity index (χ0n) is 24.6. The topological polar surface area (TPSA) is 110 Å². The highest BCUT2D eigenvalue weighted by atomic mass is 79.9. The highest BCUT2D eigenvalue weighted by Crippen LogP contribution is 2.31. The number of carbonyl (C=O) groups is 2. The van der Waals surface area contributed by atoms with Gasteiger partial charge in [0.25, 0.3) is 11.8 Å². The van der Waals surface area contributed by atoms with Crippen molar-refractivity contribution in [3.63, 3.8) is 0 Å². The monoisotopic (exact) mass is 666 g/mol. The van der Waals surface area contributed by atoms with E-state index in [9.17, 15) is 9.59 Å². The van der Waals surface area contributed by atoms with Crippen LogP contribution in [-0.2, 0) is 30.8 Å². The Balaban J connectivity index is 1.36. The summed E-state index contributed by atoms with van der Waals surface area (Å²) in [5.74, 6) is -0.523. The number of aryl methyl sites for hydroxylation is 3. The zero-order chi connectivity index (χ0) is 30.5. The maximum Gasteiger partial charge on any atom is 0.251 e. The van der Waals surface area contributed by atoms with Crippen LogP contribution < -0.4 is 16.0 Å². The number of hydrogen-bond acceptors (Lipinski definition) is 6. The lowest BCUT2D eigenvalue weighted by Crippen LogP contribution is -2.30. The number of benzene rings is 2. The summed E-state index contributed by atoms with van der Waals surface area (Å²) in [5.41, 5.74) is 6.23. The molecule has 1 fully saturated rings. The Morgan fingerprint density at radius 1 is 1.05 bits per heavy atom. The highest BCUT2D eigenvalue weighted by Gasteiger charge is 2.22. The van der Waals surface area contributed by atoms with Crippen LogP contribution in [0, 0.1) is 6.92 Å². The molecule has 226 valence electrons. The van der Waals surface area contributed by atoms with Crippen LogP contribution in [0.1, 0.15) is 69.8 Å². The van der Waals surface area contributed by atoms with E-state index in [1.54, 1.807) is 24.3 Å². The van der Waals surface area contributed by atoms with Crippen molar-refractivity contribution >= 4 is 56.1 Å². The number of rotatable bonds is 10. The van der Waals surface area contributed by atoms with E-state index in [1.165, 1.54) is 0 Å². The number of ether oxygens (including phenoxy) is 1. The molecule has 2 aromatic heterocycles. The molecule has 0 unspecified atom stereocenters. The lowest BCUT2D eigenvalue weighted by Gasteiger charge is -2.26. The molecule has 43 heavy (non-hydrogen) atoms. The average Bonchev–Trinajstić information content (AvgIpc) is 3.43. The lowest BCUT2D eigenvalue weighted by molar-refractivity contribution is 0.0904. The Morgan fingerprint density at radius 2 is 1.74 bits per heavy atom. The lowest BCUT2D eigenvalue weighted by atomic mass is 10.0. The van der Waals surface area contributed by atoms with Crippen molar-refractivity contribution in [3.8, 4) is 0 Å². The van der Waals surface area contributed by atoms with Crippen LogP contribution in [0.4, 0.5) is 5.69 Å². The highest BCUT2D eigenvalue weighted by molar-refractivity contribution is 9.10. The quantitative estimate of drug-likeness (QED) is 0.186. The van der Waals surface area contributed by atoms with Crippen molar-refractivity contribution in [1.29, 1.82) is 0 Å². The molecule has 0 atom stereocenters. The molecule has 0 radical (unpaired) electrons. The van der Waals surface area contributed by atoms with Gasteiger partial charge < -0.3 is 20.7 Å². The second-order valence-corrected chi connectivity index (χ2v) is 12.0. The maximum absolute atomic E-state index is 13.5. The van der Waals surface area contributed by atoms with Crippen LogP contribution >= 0.6 is 27.5 Å². The Bertz CT molecular complexity index is 1650. The van der Waals surface area contributed by atoms with E-state index in [-0.39, 0.29) is 24.4 Å². The fourth-order valence-corrected chi connectivity index (χ4v) is 5.89. The number of nitrogens with one attached hydrogen (secondary N) is 3. The van der Waals surface area contributed by atoms with Gasteiger partial charge >= 0.3 is 0 Å². The molecule has 0 aliphatic carbocycles. The Kier molecular flexibility index (Phi) is 10.00. The molecule has 0 bridgehead atoms. The number of halogens is 2. The Hall–Kier alpha value is -3.47. The van der Waals surface area contributed by atoms with Gasteiger partial charge in [0.2, 0.25) is 0 Å². The van der Waals surface area contributed by atoms with Crippen molar-refractivity contribution in [3.05, 3.63) is 85.6 Å². The number of fused-ring (bicyclic) bond motifs is 1. The molecular weight excluding hydrogens is 632 g/mol. The third-order valence-electron chi connectivity index (χ3n) is 7.64. The number of carbonyl (C=O) groups excluding carboxylic acids is 2. The van der Waals surface area contributed by atoms with Gasteiger partial charge in [-0.1, -0.05) is 24.6 Å². The molecule has 0 spiro atoms. The van der Waals surface area contributed by atoms with Crippen LogP contribution in [0.15, 0.2) is 47.1 Å². The van der Waals surface area contributed by atoms with Gasteiger partial charge in [0.1, 0.15) is 0 Å². The van der Waals surface area contributed by atoms with Crippen molar-refractivity contribution in [2.24, 2.45) is 0 Å². The van der Waals surface area contributed by atoms with Gasteiger partial charge in [-0.25, -0.2) is 9.67 Å². The first-order valence-corrected chi connectivity index (χ1v) is 15.8. The van der Waals surface area contributed by atoms with Gasteiger partial charge in [-0.2, -0.15) is 5.10 Å². The predicted octanol–water partition coefficient (Wildman–Crippen LogP) is 6.19. The summed E-state index contributed by atoms with van der Waals surface area (Å²) in [7, 11) is 0. The van der Waals surface area contributed by atoms with Gasteiger partial charge in [-0.15, -0.1) is 0 Å². The Morgan fingerprint density at radius 3 is 2.40 bits per heavy atom. The molecule has 4 aromatic rings. The summed E-state index contributed by atoms with van der Waals surface area (Å²) in [6, 6.07) is 11.0. The summed E-state index contributed by atoms with van der Waals surface area (Å²) < 4.78 is 8.24. The van der Waals surface area contributed by atoms with E-state index in [1.807, 2.05) is 36.9 Å². The van der Waals surface area contributed by atoms with Gasteiger partial charge in [-0.3, -0.25) is 9.59 Å². The second-order valence-electron chi connectivity index (χ2n) is 10.7. The number of amides is 2. The smallest absolute Gasteiger partial charge is 0.251 e. The van der Waals surface area contributed by atoms with E-state index < -0.39 is 0 Å². The summed E-state index contributed by atoms with van der Waals surface area (Å²) in [4.78, 5) is 31.5. The van der Waals surface area contributed by atoms with Crippen LogP contribution in [-0.4, -0.2) is 45.8 Å². The minimum atomic E-state index is -0.261. The maximum atomic E-state index is 13.5. The Labute approximate surface area is 264 Å². The van der Waals surface area contributed by atoms with Crippen LogP contribution in [0.2, 0.25) is 5.02 Å². The molecule has 1 saturated heterocycles. The molecule has 3 heterocycles. The number of pyridine rings is 1. The number of hydrogen-bond donors (Lipinski definition) is 3. The standard InChI is InChI=1S/C32H36BrClN6O3/c1-4-28-24(29(38-23-8-10-43-11-9-23)25-18-37-40(5-2)30(25)39-28)17-36-32(42)22-13-19(3)12-21(15-22)31(41)35-16-20-6-7-27(34)26(33)14-20/h6-7,12-15,18,23H,4-5,8-11,16-17H2,1-3H3,(H,35,41)(H,36,42)(H,38,39). The molecule has 1 aliphatic rings. The molecule has 3 N–H and O–H groups in total. The van der Waals surface area contributed by atoms with Crippen molar-refractivity contribution in [1.82, 2.24) is 25.4 Å². The van der Waals surface area contributed by atoms with E-state index in [4.69, 9.17) is 21.3 Å². The third kappa shape index (κ3) is 7.20. The third-order valence-corrected chi connectivity index (χ3v) is 8.85. The first-order chi connectivity index (χ1) is 20.8. The molecule has 9 nitrogen and oxygen atoms in total. The fraction of sp³-hybridized carbons (Fsp3) is 0.375. The first-order valence-electron chi connectivity index (χ1n) is 14.6. The molecule has 2 aromatic carbocycles. The van der Waals surface area contributed by atoms with Crippen molar-refractivity contribution in [2.45, 2.75) is 65.7 Å². The molecule has 5 rings (SSSR count). The van der Waals surface area contributed by atoms with Gasteiger partial charge in [0.15, 0.2) is 5.65 Å². The molecule has 0 saturated carbocycles. The van der Waals surface area contributed by atoms with Gasteiger partial charge in [0.05, 0.1) is 22.3 Å². The minimum Gasteiger partial charge on any atom is -0.381 e. The van der Waals surface area contributed by atoms with E-state index >= 15 is 0 Å². The number of nitrogens with zero attached hydrogens (tertiary/aromatic N) is 3. The molecule has 2 amide bonds. The minimum absolute atomic E-state index is 0.260. The predicted molar refractivity (Wildman–Crippen MR) is 173 cm³/mol. The van der Waals surface area contributed by atoms with E-state index in [2.05, 4.69) is 43.9 Å².